The lowest BCUT2D eigenvalue weighted by molar-refractivity contribution is 0.0871. The number of alkyl halides is 2. The van der Waals surface area contributed by atoms with E-state index in [1.54, 1.807) is 18.7 Å². The number of hydrogen-bond donors (Lipinski definition) is 1. The Balaban J connectivity index is 2.35. The summed E-state index contributed by atoms with van der Waals surface area (Å²) in [5, 5.41) is 2.63. The number of hydrogen-bond acceptors (Lipinski definition) is 4. The third-order valence-corrected chi connectivity index (χ3v) is 2.57. The summed E-state index contributed by atoms with van der Waals surface area (Å²) in [4.78, 5) is 21.1. The molecule has 19 heavy (non-hydrogen) atoms. The van der Waals surface area contributed by atoms with Crippen molar-refractivity contribution in [2.24, 2.45) is 0 Å². The minimum Gasteiger partial charge on any atom is -0.349 e. The smallest absolute Gasteiger partial charge is 0.271 e. The molecule has 7 heteroatoms. The van der Waals surface area contributed by atoms with Crippen molar-refractivity contribution in [3.8, 4) is 0 Å². The molecule has 106 valence electrons. The monoisotopic (exact) mass is 272 g/mol. The summed E-state index contributed by atoms with van der Waals surface area (Å²) in [7, 11) is 0. The van der Waals surface area contributed by atoms with Gasteiger partial charge in [-0.25, -0.2) is 13.8 Å². The summed E-state index contributed by atoms with van der Waals surface area (Å²) < 4.78 is 24.4. The summed E-state index contributed by atoms with van der Waals surface area (Å²) in [6.07, 6.45) is 0.532. The van der Waals surface area contributed by atoms with Crippen molar-refractivity contribution in [1.82, 2.24) is 20.2 Å². The highest BCUT2D eigenvalue weighted by Gasteiger charge is 2.11. The summed E-state index contributed by atoms with van der Waals surface area (Å²) in [5.41, 5.74) is 0.952. The van der Waals surface area contributed by atoms with E-state index < -0.39 is 6.43 Å². The van der Waals surface area contributed by atoms with Gasteiger partial charge in [0.1, 0.15) is 5.69 Å². The molecule has 1 amide bonds. The maximum absolute atomic E-state index is 12.2. The van der Waals surface area contributed by atoms with E-state index >= 15 is 0 Å². The maximum atomic E-state index is 12.2. The van der Waals surface area contributed by atoms with E-state index in [0.717, 1.165) is 5.69 Å². The number of rotatable bonds is 7. The summed E-state index contributed by atoms with van der Waals surface area (Å²) in [6.45, 7) is 4.50. The zero-order valence-corrected chi connectivity index (χ0v) is 11.1. The molecule has 0 radical (unpaired) electrons. The van der Waals surface area contributed by atoms with E-state index in [0.29, 0.717) is 19.6 Å². The van der Waals surface area contributed by atoms with Gasteiger partial charge in [0.2, 0.25) is 0 Å². The first-order valence-electron chi connectivity index (χ1n) is 6.10. The molecule has 0 saturated carbocycles. The van der Waals surface area contributed by atoms with Gasteiger partial charge >= 0.3 is 0 Å². The van der Waals surface area contributed by atoms with Crippen molar-refractivity contribution in [3.63, 3.8) is 0 Å². The van der Waals surface area contributed by atoms with Crippen LogP contribution in [0.5, 0.6) is 0 Å². The molecule has 0 atom stereocenters. The van der Waals surface area contributed by atoms with Crippen LogP contribution in [0.4, 0.5) is 8.78 Å². The molecule has 1 aromatic rings. The highest BCUT2D eigenvalue weighted by Crippen LogP contribution is 1.97. The van der Waals surface area contributed by atoms with Crippen molar-refractivity contribution >= 4 is 5.91 Å². The Morgan fingerprint density at radius 3 is 2.68 bits per heavy atom. The van der Waals surface area contributed by atoms with Gasteiger partial charge in [-0.2, -0.15) is 0 Å². The van der Waals surface area contributed by atoms with Crippen LogP contribution in [0, 0.1) is 6.92 Å². The first kappa shape index (κ1) is 15.4. The van der Waals surface area contributed by atoms with Crippen molar-refractivity contribution in [2.75, 3.05) is 26.2 Å². The van der Waals surface area contributed by atoms with E-state index in [1.807, 2.05) is 0 Å². The zero-order valence-electron chi connectivity index (χ0n) is 11.1. The second kappa shape index (κ2) is 7.73. The lowest BCUT2D eigenvalue weighted by Gasteiger charge is -2.19. The molecule has 1 heterocycles. The maximum Gasteiger partial charge on any atom is 0.271 e. The van der Waals surface area contributed by atoms with Crippen LogP contribution < -0.4 is 5.32 Å². The van der Waals surface area contributed by atoms with Gasteiger partial charge in [-0.3, -0.25) is 14.7 Å². The van der Waals surface area contributed by atoms with E-state index in [9.17, 15) is 13.6 Å². The van der Waals surface area contributed by atoms with E-state index in [1.165, 1.54) is 12.4 Å². The molecule has 0 unspecified atom stereocenters. The predicted octanol–water partition coefficient (Wildman–Crippen LogP) is 1.10. The molecule has 1 rings (SSSR count). The average Bonchev–Trinajstić information content (AvgIpc) is 2.37. The zero-order chi connectivity index (χ0) is 14.3. The fraction of sp³-hybridized carbons (Fsp3) is 0.583. The number of aryl methyl sites for hydroxylation is 1. The van der Waals surface area contributed by atoms with Crippen LogP contribution >= 0.6 is 0 Å². The van der Waals surface area contributed by atoms with Crippen LogP contribution in [-0.4, -0.2) is 53.4 Å². The Bertz CT molecular complexity index is 397. The number of carbonyl (C=O) groups excluding carboxylic acids is 1. The molecule has 1 aromatic heterocycles. The molecule has 0 fully saturated rings. The van der Waals surface area contributed by atoms with Gasteiger partial charge in [0, 0.05) is 19.3 Å². The number of nitrogens with zero attached hydrogens (tertiary/aromatic N) is 3. The number of amides is 1. The molecule has 5 nitrogen and oxygen atoms in total. The van der Waals surface area contributed by atoms with Gasteiger partial charge in [-0.1, -0.05) is 6.92 Å². The Hall–Kier alpha value is -1.63. The van der Waals surface area contributed by atoms with Gasteiger partial charge in [-0.15, -0.1) is 0 Å². The van der Waals surface area contributed by atoms with Crippen LogP contribution in [0.15, 0.2) is 12.4 Å². The predicted molar refractivity (Wildman–Crippen MR) is 67.2 cm³/mol. The number of likely N-dealkylation sites (N-methyl/N-ethyl adjacent to an activating group) is 1. The summed E-state index contributed by atoms with van der Waals surface area (Å²) >= 11 is 0. The van der Waals surface area contributed by atoms with Gasteiger partial charge in [0.15, 0.2) is 0 Å². The van der Waals surface area contributed by atoms with E-state index in [2.05, 4.69) is 15.3 Å². The first-order valence-corrected chi connectivity index (χ1v) is 6.10. The average molecular weight is 272 g/mol. The number of halogens is 2. The standard InChI is InChI=1S/C12H18F2N4O/c1-3-18(8-11(13)14)5-4-15-12(19)10-7-16-9(2)6-17-10/h6-7,11H,3-5,8H2,1-2H3,(H,15,19). The highest BCUT2D eigenvalue weighted by molar-refractivity contribution is 5.91. The van der Waals surface area contributed by atoms with Crippen LogP contribution in [-0.2, 0) is 0 Å². The van der Waals surface area contributed by atoms with E-state index in [4.69, 9.17) is 0 Å². The quantitative estimate of drug-likeness (QED) is 0.807. The second-order valence-electron chi connectivity index (χ2n) is 4.08. The number of carbonyl (C=O) groups is 1. The lowest BCUT2D eigenvalue weighted by Crippen LogP contribution is -2.37. The van der Waals surface area contributed by atoms with Gasteiger partial charge in [-0.05, 0) is 13.5 Å². The lowest BCUT2D eigenvalue weighted by atomic mass is 10.4. The van der Waals surface area contributed by atoms with Crippen molar-refractivity contribution in [2.45, 2.75) is 20.3 Å². The Morgan fingerprint density at radius 2 is 2.16 bits per heavy atom. The van der Waals surface area contributed by atoms with Crippen molar-refractivity contribution in [3.05, 3.63) is 23.8 Å². The number of aromatic nitrogens is 2. The van der Waals surface area contributed by atoms with Gasteiger partial charge in [0.25, 0.3) is 12.3 Å². The van der Waals surface area contributed by atoms with Crippen LogP contribution in [0.25, 0.3) is 0 Å². The van der Waals surface area contributed by atoms with Crippen molar-refractivity contribution in [1.29, 1.82) is 0 Å². The Morgan fingerprint density at radius 1 is 1.42 bits per heavy atom. The van der Waals surface area contributed by atoms with E-state index in [-0.39, 0.29) is 18.1 Å². The fourth-order valence-electron chi connectivity index (χ4n) is 1.50. The second-order valence-corrected chi connectivity index (χ2v) is 4.08. The highest BCUT2D eigenvalue weighted by atomic mass is 19.3. The minimum atomic E-state index is -2.36. The molecule has 0 aliphatic carbocycles. The SMILES string of the molecule is CCN(CCNC(=O)c1cnc(C)cn1)CC(F)F. The molecule has 0 saturated heterocycles. The van der Waals surface area contributed by atoms with Gasteiger partial charge in [0.05, 0.1) is 18.4 Å². The third-order valence-electron chi connectivity index (χ3n) is 2.57. The Labute approximate surface area is 111 Å². The molecule has 0 bridgehead atoms. The topological polar surface area (TPSA) is 58.1 Å². The number of nitrogens with one attached hydrogen (secondary N) is 1. The normalized spacial score (nSPS) is 11.1. The summed E-state index contributed by atoms with van der Waals surface area (Å²) in [5.74, 6) is -0.347. The van der Waals surface area contributed by atoms with Crippen molar-refractivity contribution < 1.29 is 13.6 Å². The molecule has 1 N–H and O–H groups in total. The Kier molecular flexibility index (Phi) is 6.27. The van der Waals surface area contributed by atoms with Crippen LogP contribution in [0.3, 0.4) is 0 Å². The fourth-order valence-corrected chi connectivity index (χ4v) is 1.50. The minimum absolute atomic E-state index is 0.225. The first-order chi connectivity index (χ1) is 9.02. The third kappa shape index (κ3) is 5.69. The van der Waals surface area contributed by atoms with Crippen LogP contribution in [0.1, 0.15) is 23.1 Å². The summed E-state index contributed by atoms with van der Waals surface area (Å²) in [6, 6.07) is 0. The largest absolute Gasteiger partial charge is 0.349 e. The molecule has 0 aliphatic heterocycles. The molecule has 0 aromatic carbocycles. The van der Waals surface area contributed by atoms with Crippen LogP contribution in [0.2, 0.25) is 0 Å². The van der Waals surface area contributed by atoms with Gasteiger partial charge < -0.3 is 5.32 Å². The molecule has 0 aliphatic rings. The molecular formula is C12H18F2N4O. The molecule has 0 spiro atoms. The molecular weight excluding hydrogens is 254 g/mol.